The average Bonchev–Trinajstić information content (AvgIpc) is 2.80. The molecule has 3 rings (SSSR count). The molecule has 1 aromatic carbocycles. The third-order valence-electron chi connectivity index (χ3n) is 3.09. The Bertz CT molecular complexity index is 771. The van der Waals surface area contributed by atoms with E-state index in [0.717, 1.165) is 25.7 Å². The summed E-state index contributed by atoms with van der Waals surface area (Å²) in [6, 6.07) is 5.75. The summed E-state index contributed by atoms with van der Waals surface area (Å²) in [7, 11) is 1.56. The summed E-state index contributed by atoms with van der Waals surface area (Å²) >= 11 is 7.79. The van der Waals surface area contributed by atoms with Crippen LogP contribution < -0.4 is 11.5 Å². The van der Waals surface area contributed by atoms with Gasteiger partial charge in [-0.3, -0.25) is 0 Å². The standard InChI is InChI=1S/C13H12ClN3OS/c1-18-13(16)7-5-17-12(15)9-6-3-2-4-8(14)10(6)19-11(7)9/h2-5,13H,16H2,1H3,(H2,15,17). The molecule has 0 radical (unpaired) electrons. The van der Waals surface area contributed by atoms with E-state index in [-0.39, 0.29) is 0 Å². The van der Waals surface area contributed by atoms with Gasteiger partial charge in [0, 0.05) is 34.3 Å². The van der Waals surface area contributed by atoms with Gasteiger partial charge in [0.05, 0.1) is 9.72 Å². The van der Waals surface area contributed by atoms with Gasteiger partial charge in [-0.1, -0.05) is 23.7 Å². The Morgan fingerprint density at radius 2 is 2.16 bits per heavy atom. The summed E-state index contributed by atoms with van der Waals surface area (Å²) in [4.78, 5) is 4.21. The van der Waals surface area contributed by atoms with Crippen molar-refractivity contribution in [2.24, 2.45) is 5.73 Å². The van der Waals surface area contributed by atoms with Crippen LogP contribution in [0.3, 0.4) is 0 Å². The molecule has 0 aliphatic carbocycles. The number of rotatable bonds is 2. The first-order valence-corrected chi connectivity index (χ1v) is 6.86. The van der Waals surface area contributed by atoms with Crippen molar-refractivity contribution in [1.29, 1.82) is 0 Å². The third-order valence-corrected chi connectivity index (χ3v) is 4.80. The molecule has 0 fully saturated rings. The smallest absolute Gasteiger partial charge is 0.134 e. The van der Waals surface area contributed by atoms with E-state index in [0.29, 0.717) is 10.8 Å². The molecule has 3 aromatic rings. The molecule has 0 spiro atoms. The van der Waals surface area contributed by atoms with E-state index in [2.05, 4.69) is 4.98 Å². The van der Waals surface area contributed by atoms with Gasteiger partial charge in [0.2, 0.25) is 0 Å². The predicted molar refractivity (Wildman–Crippen MR) is 80.5 cm³/mol. The Balaban J connectivity index is 2.48. The minimum absolute atomic E-state index is 0.482. The molecule has 6 heteroatoms. The molecule has 19 heavy (non-hydrogen) atoms. The van der Waals surface area contributed by atoms with E-state index >= 15 is 0 Å². The monoisotopic (exact) mass is 293 g/mol. The van der Waals surface area contributed by atoms with Crippen molar-refractivity contribution in [2.45, 2.75) is 6.23 Å². The molecule has 4 nitrogen and oxygen atoms in total. The van der Waals surface area contributed by atoms with Gasteiger partial charge >= 0.3 is 0 Å². The Morgan fingerprint density at radius 3 is 2.89 bits per heavy atom. The second-order valence-corrected chi connectivity index (χ2v) is 5.61. The summed E-state index contributed by atoms with van der Waals surface area (Å²) < 4.78 is 7.15. The van der Waals surface area contributed by atoms with Crippen molar-refractivity contribution < 1.29 is 4.74 Å². The Morgan fingerprint density at radius 1 is 1.37 bits per heavy atom. The first kappa shape index (κ1) is 12.6. The van der Waals surface area contributed by atoms with Crippen LogP contribution in [-0.4, -0.2) is 12.1 Å². The summed E-state index contributed by atoms with van der Waals surface area (Å²) in [6.45, 7) is 0. The highest BCUT2D eigenvalue weighted by Crippen LogP contribution is 2.42. The maximum atomic E-state index is 6.23. The molecule has 98 valence electrons. The first-order chi connectivity index (χ1) is 9.13. The van der Waals surface area contributed by atoms with Gasteiger partial charge in [0.25, 0.3) is 0 Å². The Hall–Kier alpha value is -1.40. The lowest BCUT2D eigenvalue weighted by Gasteiger charge is -2.10. The molecule has 0 saturated carbocycles. The molecule has 1 atom stereocenters. The minimum Gasteiger partial charge on any atom is -0.383 e. The highest BCUT2D eigenvalue weighted by atomic mass is 35.5. The number of nitrogen functional groups attached to an aromatic ring is 1. The van der Waals surface area contributed by atoms with Crippen molar-refractivity contribution in [3.63, 3.8) is 0 Å². The van der Waals surface area contributed by atoms with E-state index in [4.69, 9.17) is 27.8 Å². The van der Waals surface area contributed by atoms with Crippen LogP contribution in [0.1, 0.15) is 11.8 Å². The molecule has 0 bridgehead atoms. The molecular weight excluding hydrogens is 282 g/mol. The van der Waals surface area contributed by atoms with Gasteiger partial charge in [0.15, 0.2) is 0 Å². The number of nitrogens with two attached hydrogens (primary N) is 2. The quantitative estimate of drug-likeness (QED) is 0.711. The number of fused-ring (bicyclic) bond motifs is 3. The number of hydrogen-bond acceptors (Lipinski definition) is 5. The zero-order valence-corrected chi connectivity index (χ0v) is 11.8. The lowest BCUT2D eigenvalue weighted by Crippen LogP contribution is -2.12. The third kappa shape index (κ3) is 1.86. The normalized spacial score (nSPS) is 13.2. The Kier molecular flexibility index (Phi) is 3.06. The van der Waals surface area contributed by atoms with Crippen LogP contribution in [0.2, 0.25) is 5.02 Å². The van der Waals surface area contributed by atoms with Crippen LogP contribution in [0.5, 0.6) is 0 Å². The van der Waals surface area contributed by atoms with Gasteiger partial charge in [-0.05, 0) is 6.07 Å². The molecule has 0 aliphatic rings. The number of nitrogens with zero attached hydrogens (tertiary/aromatic N) is 1. The van der Waals surface area contributed by atoms with Crippen LogP contribution in [0.4, 0.5) is 5.82 Å². The number of thiophene rings is 1. The van der Waals surface area contributed by atoms with Gasteiger partial charge in [-0.15, -0.1) is 11.3 Å². The topological polar surface area (TPSA) is 74.2 Å². The maximum Gasteiger partial charge on any atom is 0.134 e. The molecule has 0 aliphatic heterocycles. The van der Waals surface area contributed by atoms with Gasteiger partial charge in [-0.2, -0.15) is 0 Å². The number of aromatic nitrogens is 1. The average molecular weight is 294 g/mol. The van der Waals surface area contributed by atoms with Crippen molar-refractivity contribution in [3.8, 4) is 0 Å². The fourth-order valence-corrected chi connectivity index (χ4v) is 3.68. The van der Waals surface area contributed by atoms with Gasteiger partial charge < -0.3 is 16.2 Å². The number of benzene rings is 1. The van der Waals surface area contributed by atoms with E-state index in [9.17, 15) is 0 Å². The number of halogens is 1. The van der Waals surface area contributed by atoms with Crippen molar-refractivity contribution >= 4 is 48.9 Å². The second-order valence-electron chi connectivity index (χ2n) is 4.18. The molecule has 2 aromatic heterocycles. The summed E-state index contributed by atoms with van der Waals surface area (Å²) in [5, 5.41) is 2.60. The highest BCUT2D eigenvalue weighted by molar-refractivity contribution is 7.26. The van der Waals surface area contributed by atoms with Crippen LogP contribution in [0.15, 0.2) is 24.4 Å². The highest BCUT2D eigenvalue weighted by Gasteiger charge is 2.17. The van der Waals surface area contributed by atoms with E-state index in [1.54, 1.807) is 24.6 Å². The van der Waals surface area contributed by atoms with Crippen molar-refractivity contribution in [1.82, 2.24) is 4.98 Å². The van der Waals surface area contributed by atoms with E-state index in [1.807, 2.05) is 18.2 Å². The largest absolute Gasteiger partial charge is 0.383 e. The molecule has 1 unspecified atom stereocenters. The van der Waals surface area contributed by atoms with Crippen molar-refractivity contribution in [2.75, 3.05) is 12.8 Å². The van der Waals surface area contributed by atoms with Crippen LogP contribution in [0.25, 0.3) is 20.2 Å². The Labute approximate surface area is 118 Å². The predicted octanol–water partition coefficient (Wildman–Crippen LogP) is 3.29. The fraction of sp³-hybridized carbons (Fsp3) is 0.154. The molecule has 4 N–H and O–H groups in total. The summed E-state index contributed by atoms with van der Waals surface area (Å²) in [6.07, 6.45) is 1.14. The van der Waals surface area contributed by atoms with Gasteiger partial charge in [-0.25, -0.2) is 4.98 Å². The lowest BCUT2D eigenvalue weighted by atomic mass is 10.1. The number of methoxy groups -OCH3 is 1. The van der Waals surface area contributed by atoms with Crippen LogP contribution in [-0.2, 0) is 4.74 Å². The summed E-state index contributed by atoms with van der Waals surface area (Å²) in [5.74, 6) is 0.482. The number of hydrogen-bond donors (Lipinski definition) is 2. The van der Waals surface area contributed by atoms with Crippen LogP contribution in [0, 0.1) is 0 Å². The minimum atomic E-state index is -0.526. The second kappa shape index (κ2) is 4.61. The number of anilines is 1. The fourth-order valence-electron chi connectivity index (χ4n) is 2.13. The molecule has 2 heterocycles. The zero-order valence-electron chi connectivity index (χ0n) is 10.2. The summed E-state index contributed by atoms with van der Waals surface area (Å²) in [5.41, 5.74) is 12.8. The number of ether oxygens (including phenoxy) is 1. The maximum absolute atomic E-state index is 6.23. The number of pyridine rings is 1. The van der Waals surface area contributed by atoms with E-state index < -0.39 is 6.23 Å². The van der Waals surface area contributed by atoms with Gasteiger partial charge in [0.1, 0.15) is 12.0 Å². The molecular formula is C13H12ClN3OS. The van der Waals surface area contributed by atoms with Crippen LogP contribution >= 0.6 is 22.9 Å². The molecule has 0 saturated heterocycles. The first-order valence-electron chi connectivity index (χ1n) is 5.67. The van der Waals surface area contributed by atoms with E-state index in [1.165, 1.54) is 0 Å². The lowest BCUT2D eigenvalue weighted by molar-refractivity contribution is 0.110. The zero-order chi connectivity index (χ0) is 13.6. The molecule has 0 amide bonds. The SMILES string of the molecule is COC(N)c1cnc(N)c2c1sc1c(Cl)cccc12. The van der Waals surface area contributed by atoms with Crippen molar-refractivity contribution in [3.05, 3.63) is 35.0 Å².